The highest BCUT2D eigenvalue weighted by Crippen LogP contribution is 1.71. The molecule has 0 radical (unpaired) electrons. The quantitative estimate of drug-likeness (QED) is 0.584. The van der Waals surface area contributed by atoms with E-state index in [4.69, 9.17) is 5.73 Å². The minimum atomic E-state index is -0.317. The van der Waals surface area contributed by atoms with Crippen LogP contribution in [0.3, 0.4) is 0 Å². The van der Waals surface area contributed by atoms with Crippen molar-refractivity contribution in [1.82, 2.24) is 5.32 Å². The Morgan fingerprint density at radius 1 is 1.67 bits per heavy atom. The molecular weight excluding hydrogens is 116 g/mol. The fourth-order valence-electron chi connectivity index (χ4n) is 0.142. The minimum Gasteiger partial charge on any atom is -0.368 e. The average molecular weight is 136 g/mol. The van der Waals surface area contributed by atoms with Crippen molar-refractivity contribution in [3.63, 3.8) is 0 Å². The largest absolute Gasteiger partial charge is 0.368 e. The van der Waals surface area contributed by atoms with Crippen LogP contribution in [0.25, 0.3) is 0 Å². The Bertz CT molecular complexity index is 81.0. The molecule has 0 fully saturated rings. The molecule has 0 aromatic carbocycles. The van der Waals surface area contributed by atoms with Gasteiger partial charge in [-0.2, -0.15) is 0 Å². The number of nitrogens with one attached hydrogen (secondary N) is 1. The molecule has 0 saturated carbocycles. The lowest BCUT2D eigenvalue weighted by Crippen LogP contribution is -2.36. The number of likely N-dealkylation sites (N-methyl/N-ethyl adjacent to an activating group) is 1. The lowest BCUT2D eigenvalue weighted by atomic mass is 10.3. The third-order valence-corrected chi connectivity index (χ3v) is 0.860. The second-order valence-electron chi connectivity index (χ2n) is 1.41. The molecule has 3 heteroatoms. The summed E-state index contributed by atoms with van der Waals surface area (Å²) in [7, 11) is 1.69. The molecule has 0 spiro atoms. The molecule has 3 N–H and O–H groups in total. The number of hydrogen-bond donors (Lipinski definition) is 2. The Labute approximate surface area is 59.6 Å². The number of amides is 1. The molecule has 9 heavy (non-hydrogen) atoms. The first kappa shape index (κ1) is 11.3. The molecule has 1 amide bonds. The summed E-state index contributed by atoms with van der Waals surface area (Å²) in [5.74, 6) is -0.317. The molecule has 60 valence electrons. The van der Waals surface area contributed by atoms with Crippen LogP contribution < -0.4 is 11.1 Å². The van der Waals surface area contributed by atoms with E-state index in [-0.39, 0.29) is 14.8 Å². The molecular formula is C6H20N2O. The van der Waals surface area contributed by atoms with E-state index in [0.29, 0.717) is 0 Å². The highest BCUT2D eigenvalue weighted by Gasteiger charge is 2.01. The lowest BCUT2D eigenvalue weighted by molar-refractivity contribution is -0.119. The maximum Gasteiger partial charge on any atom is 0.234 e. The van der Waals surface area contributed by atoms with E-state index in [1.54, 1.807) is 14.0 Å². The highest BCUT2D eigenvalue weighted by atomic mass is 16.1. The predicted molar refractivity (Wildman–Crippen MR) is 43.3 cm³/mol. The van der Waals surface area contributed by atoms with E-state index < -0.39 is 0 Å². The van der Waals surface area contributed by atoms with E-state index in [9.17, 15) is 4.79 Å². The van der Waals surface area contributed by atoms with Crippen molar-refractivity contribution in [2.75, 3.05) is 7.05 Å². The van der Waals surface area contributed by atoms with Crippen LogP contribution in [0.15, 0.2) is 0 Å². The SMILES string of the molecule is CC.CNC(C)C(N)=O.[HH].[HH]. The maximum atomic E-state index is 10.1. The van der Waals surface area contributed by atoms with E-state index in [1.807, 2.05) is 13.8 Å². The van der Waals surface area contributed by atoms with Gasteiger partial charge in [0.1, 0.15) is 0 Å². The van der Waals surface area contributed by atoms with E-state index >= 15 is 0 Å². The summed E-state index contributed by atoms with van der Waals surface area (Å²) in [6.45, 7) is 5.71. The van der Waals surface area contributed by atoms with Gasteiger partial charge in [0.15, 0.2) is 0 Å². The maximum absolute atomic E-state index is 10.1. The summed E-state index contributed by atoms with van der Waals surface area (Å²) in [6.07, 6.45) is 0. The summed E-state index contributed by atoms with van der Waals surface area (Å²) in [6, 6.07) is -0.208. The zero-order chi connectivity index (χ0) is 7.86. The Morgan fingerprint density at radius 3 is 2.00 bits per heavy atom. The zero-order valence-electron chi connectivity index (χ0n) is 6.56. The third-order valence-electron chi connectivity index (χ3n) is 0.860. The minimum absolute atomic E-state index is 0. The van der Waals surface area contributed by atoms with Crippen molar-refractivity contribution in [3.8, 4) is 0 Å². The van der Waals surface area contributed by atoms with Gasteiger partial charge < -0.3 is 11.1 Å². The van der Waals surface area contributed by atoms with Gasteiger partial charge in [0.2, 0.25) is 5.91 Å². The van der Waals surface area contributed by atoms with Gasteiger partial charge in [0.25, 0.3) is 0 Å². The summed E-state index contributed by atoms with van der Waals surface area (Å²) >= 11 is 0. The number of carbonyl (C=O) groups is 1. The molecule has 0 aromatic rings. The Morgan fingerprint density at radius 2 is 2.00 bits per heavy atom. The van der Waals surface area contributed by atoms with Crippen LogP contribution in [0.5, 0.6) is 0 Å². The van der Waals surface area contributed by atoms with Gasteiger partial charge in [-0.15, -0.1) is 0 Å². The summed E-state index contributed by atoms with van der Waals surface area (Å²) < 4.78 is 0. The Hall–Kier alpha value is -0.570. The molecule has 0 saturated heterocycles. The van der Waals surface area contributed by atoms with Crippen molar-refractivity contribution < 1.29 is 7.65 Å². The zero-order valence-corrected chi connectivity index (χ0v) is 6.56. The molecule has 0 rings (SSSR count). The molecule has 1 atom stereocenters. The molecule has 0 aliphatic carbocycles. The third kappa shape index (κ3) is 7.43. The van der Waals surface area contributed by atoms with E-state index in [0.717, 1.165) is 0 Å². The Kier molecular flexibility index (Phi) is 9.29. The monoisotopic (exact) mass is 136 g/mol. The van der Waals surface area contributed by atoms with Crippen LogP contribution in [0.4, 0.5) is 0 Å². The standard InChI is InChI=1S/C4H10N2O.C2H6.2H2/c1-3(6-2)4(5)7;1-2;;/h3,6H,1-2H3,(H2,5,7);1-2H3;2*1H. The highest BCUT2D eigenvalue weighted by molar-refractivity contribution is 5.79. The first-order valence-electron chi connectivity index (χ1n) is 3.15. The smallest absolute Gasteiger partial charge is 0.234 e. The van der Waals surface area contributed by atoms with Crippen LogP contribution in [0, 0.1) is 0 Å². The number of primary amides is 1. The first-order chi connectivity index (χ1) is 4.18. The van der Waals surface area contributed by atoms with Crippen molar-refractivity contribution in [3.05, 3.63) is 0 Å². The van der Waals surface area contributed by atoms with Gasteiger partial charge in [0, 0.05) is 2.85 Å². The van der Waals surface area contributed by atoms with Crippen LogP contribution in [-0.2, 0) is 4.79 Å². The molecule has 0 aliphatic heterocycles. The topological polar surface area (TPSA) is 55.1 Å². The normalized spacial score (nSPS) is 11.1. The fourth-order valence-corrected chi connectivity index (χ4v) is 0.142. The summed E-state index contributed by atoms with van der Waals surface area (Å²) in [4.78, 5) is 10.1. The number of nitrogens with two attached hydrogens (primary N) is 1. The van der Waals surface area contributed by atoms with Crippen molar-refractivity contribution in [1.29, 1.82) is 0 Å². The molecule has 0 heterocycles. The van der Waals surface area contributed by atoms with Crippen molar-refractivity contribution in [2.45, 2.75) is 26.8 Å². The summed E-state index contributed by atoms with van der Waals surface area (Å²) in [5.41, 5.74) is 4.85. The van der Waals surface area contributed by atoms with Crippen LogP contribution in [-0.4, -0.2) is 19.0 Å². The molecule has 0 aliphatic rings. The second-order valence-corrected chi connectivity index (χ2v) is 1.41. The number of hydrogen-bond acceptors (Lipinski definition) is 2. The second kappa shape index (κ2) is 7.43. The predicted octanol–water partition coefficient (Wildman–Crippen LogP) is 0.598. The van der Waals surface area contributed by atoms with Gasteiger partial charge in [-0.3, -0.25) is 4.79 Å². The molecule has 3 nitrogen and oxygen atoms in total. The van der Waals surface area contributed by atoms with E-state index in [2.05, 4.69) is 5.32 Å². The van der Waals surface area contributed by atoms with Gasteiger partial charge in [-0.25, -0.2) is 0 Å². The fraction of sp³-hybridized carbons (Fsp3) is 0.833. The molecule has 0 bridgehead atoms. The van der Waals surface area contributed by atoms with E-state index in [1.165, 1.54) is 0 Å². The number of rotatable bonds is 2. The van der Waals surface area contributed by atoms with Crippen LogP contribution >= 0.6 is 0 Å². The number of carbonyl (C=O) groups excluding carboxylic acids is 1. The average Bonchev–Trinajstić information content (AvgIpc) is 1.91. The van der Waals surface area contributed by atoms with Gasteiger partial charge in [-0.1, -0.05) is 13.8 Å². The van der Waals surface area contributed by atoms with Crippen molar-refractivity contribution >= 4 is 5.91 Å². The Balaban J connectivity index is -0.0000000564. The van der Waals surface area contributed by atoms with Crippen LogP contribution in [0.1, 0.15) is 23.6 Å². The molecule has 1 unspecified atom stereocenters. The lowest BCUT2D eigenvalue weighted by Gasteiger charge is -2.01. The van der Waals surface area contributed by atoms with Gasteiger partial charge >= 0.3 is 0 Å². The van der Waals surface area contributed by atoms with Crippen LogP contribution in [0.2, 0.25) is 0 Å². The first-order valence-corrected chi connectivity index (χ1v) is 3.15. The summed E-state index contributed by atoms with van der Waals surface area (Å²) in [5, 5.41) is 2.69. The molecule has 0 aromatic heterocycles. The van der Waals surface area contributed by atoms with Crippen molar-refractivity contribution in [2.24, 2.45) is 5.73 Å². The van der Waals surface area contributed by atoms with Gasteiger partial charge in [-0.05, 0) is 14.0 Å². The van der Waals surface area contributed by atoms with Gasteiger partial charge in [0.05, 0.1) is 6.04 Å².